The molecule has 0 saturated heterocycles. The maximum absolute atomic E-state index is 10.5. The lowest BCUT2D eigenvalue weighted by Crippen LogP contribution is -2.15. The van der Waals surface area contributed by atoms with E-state index >= 15 is 0 Å². The van der Waals surface area contributed by atoms with Crippen molar-refractivity contribution >= 4 is 10.8 Å². The number of aromatic hydroxyl groups is 1. The molecule has 1 aromatic heterocycles. The number of nitrogens with zero attached hydrogens (tertiary/aromatic N) is 2. The molecule has 1 heterocycles. The van der Waals surface area contributed by atoms with Crippen molar-refractivity contribution < 1.29 is 9.84 Å². The zero-order chi connectivity index (χ0) is 24.2. The number of hydrogen-bond donors (Lipinski definition) is 1. The largest absolute Gasteiger partial charge is 0.507 e. The van der Waals surface area contributed by atoms with E-state index in [2.05, 4.69) is 73.4 Å². The van der Waals surface area contributed by atoms with Crippen molar-refractivity contribution in [1.82, 2.24) is 9.97 Å². The van der Waals surface area contributed by atoms with Crippen molar-refractivity contribution in [3.05, 3.63) is 96.1 Å². The van der Waals surface area contributed by atoms with Gasteiger partial charge in [-0.25, -0.2) is 4.98 Å². The van der Waals surface area contributed by atoms with Gasteiger partial charge < -0.3 is 9.84 Å². The Kier molecular flexibility index (Phi) is 4.85. The van der Waals surface area contributed by atoms with E-state index in [0.29, 0.717) is 23.9 Å². The summed E-state index contributed by atoms with van der Waals surface area (Å²) in [5.74, 6) is 1.07. The van der Waals surface area contributed by atoms with Crippen LogP contribution in [0.25, 0.3) is 44.5 Å². The molecule has 172 valence electrons. The molecule has 0 radical (unpaired) electrons. The molecule has 0 unspecified atom stereocenters. The van der Waals surface area contributed by atoms with E-state index in [0.717, 1.165) is 16.6 Å². The number of hydrogen-bond acceptors (Lipinski definition) is 4. The van der Waals surface area contributed by atoms with Crippen molar-refractivity contribution in [2.75, 3.05) is 6.61 Å². The molecular weight excluding hydrogens is 432 g/mol. The van der Waals surface area contributed by atoms with Gasteiger partial charge in [-0.1, -0.05) is 74.5 Å². The van der Waals surface area contributed by atoms with E-state index in [1.165, 1.54) is 27.6 Å². The van der Waals surface area contributed by atoms with Gasteiger partial charge in [0.2, 0.25) is 5.88 Å². The summed E-state index contributed by atoms with van der Waals surface area (Å²) in [5.41, 5.74) is 7.45. The molecule has 0 fully saturated rings. The van der Waals surface area contributed by atoms with E-state index in [-0.39, 0.29) is 11.2 Å². The SMILES string of the molecule is CCOc1cc(-c2cc3c(c4ccccc24)-c2ccccc2C3(C)C)nc(-c2ccccc2O)n1. The lowest BCUT2D eigenvalue weighted by molar-refractivity contribution is 0.327. The summed E-state index contributed by atoms with van der Waals surface area (Å²) >= 11 is 0. The average molecular weight is 459 g/mol. The first-order chi connectivity index (χ1) is 17.0. The van der Waals surface area contributed by atoms with Gasteiger partial charge in [0, 0.05) is 17.0 Å². The molecule has 1 aliphatic rings. The van der Waals surface area contributed by atoms with E-state index < -0.39 is 0 Å². The molecule has 5 aromatic rings. The maximum atomic E-state index is 10.5. The molecule has 4 nitrogen and oxygen atoms in total. The third-order valence-corrected chi connectivity index (χ3v) is 7.00. The van der Waals surface area contributed by atoms with Crippen LogP contribution in [0.1, 0.15) is 31.9 Å². The zero-order valence-corrected chi connectivity index (χ0v) is 20.0. The Bertz CT molecular complexity index is 1600. The minimum Gasteiger partial charge on any atom is -0.507 e. The first kappa shape index (κ1) is 21.4. The van der Waals surface area contributed by atoms with Crippen LogP contribution in [0.15, 0.2) is 84.9 Å². The van der Waals surface area contributed by atoms with Crippen LogP contribution in [0.3, 0.4) is 0 Å². The zero-order valence-electron chi connectivity index (χ0n) is 20.0. The van der Waals surface area contributed by atoms with Gasteiger partial charge in [-0.15, -0.1) is 0 Å². The van der Waals surface area contributed by atoms with Crippen molar-refractivity contribution in [2.24, 2.45) is 0 Å². The quantitative estimate of drug-likeness (QED) is 0.305. The second-order valence-corrected chi connectivity index (χ2v) is 9.43. The molecule has 1 N–H and O–H groups in total. The second-order valence-electron chi connectivity index (χ2n) is 9.43. The fraction of sp³-hybridized carbons (Fsp3) is 0.161. The summed E-state index contributed by atoms with van der Waals surface area (Å²) in [6.07, 6.45) is 0. The van der Waals surface area contributed by atoms with Gasteiger partial charge in [-0.3, -0.25) is 0 Å². The van der Waals surface area contributed by atoms with Gasteiger partial charge in [-0.2, -0.15) is 4.98 Å². The topological polar surface area (TPSA) is 55.2 Å². The van der Waals surface area contributed by atoms with Crippen LogP contribution in [-0.4, -0.2) is 21.7 Å². The van der Waals surface area contributed by atoms with Crippen LogP contribution < -0.4 is 4.74 Å². The summed E-state index contributed by atoms with van der Waals surface area (Å²) in [6.45, 7) is 7.00. The Morgan fingerprint density at radius 1 is 0.743 bits per heavy atom. The highest BCUT2D eigenvalue weighted by Gasteiger charge is 2.37. The Morgan fingerprint density at radius 2 is 1.43 bits per heavy atom. The predicted octanol–water partition coefficient (Wildman–Crippen LogP) is 7.37. The number of ether oxygens (including phenoxy) is 1. The summed E-state index contributed by atoms with van der Waals surface area (Å²) in [6, 6.07) is 28.5. The van der Waals surface area contributed by atoms with E-state index in [1.54, 1.807) is 12.1 Å². The maximum Gasteiger partial charge on any atom is 0.217 e. The highest BCUT2D eigenvalue weighted by atomic mass is 16.5. The number of benzene rings is 4. The monoisotopic (exact) mass is 458 g/mol. The standard InChI is InChI=1S/C31H26N2O2/c1-4-35-28-18-26(32-30(33-28)22-14-8-10-16-27(22)34)23-17-25-29(20-12-6-5-11-19(20)23)21-13-7-9-15-24(21)31(25,2)3/h5-18,34H,4H2,1-3H3. The van der Waals surface area contributed by atoms with Crippen LogP contribution in [0.2, 0.25) is 0 Å². The Balaban J connectivity index is 1.66. The van der Waals surface area contributed by atoms with Gasteiger partial charge in [0.1, 0.15) is 5.75 Å². The normalized spacial score (nSPS) is 13.5. The molecule has 4 aromatic carbocycles. The van der Waals surface area contributed by atoms with E-state index in [9.17, 15) is 5.11 Å². The molecule has 1 aliphatic carbocycles. The minimum absolute atomic E-state index is 0.138. The lowest BCUT2D eigenvalue weighted by Gasteiger charge is -2.23. The first-order valence-electron chi connectivity index (χ1n) is 12.0. The second kappa shape index (κ2) is 7.95. The van der Waals surface area contributed by atoms with Gasteiger partial charge in [-0.05, 0) is 58.1 Å². The Hall–Kier alpha value is -4.18. The smallest absolute Gasteiger partial charge is 0.217 e. The molecule has 0 bridgehead atoms. The molecule has 4 heteroatoms. The highest BCUT2D eigenvalue weighted by molar-refractivity contribution is 6.08. The lowest BCUT2D eigenvalue weighted by atomic mass is 9.81. The summed E-state index contributed by atoms with van der Waals surface area (Å²) in [4.78, 5) is 9.54. The third kappa shape index (κ3) is 3.28. The molecular formula is C31H26N2O2. The van der Waals surface area contributed by atoms with Crippen molar-refractivity contribution in [2.45, 2.75) is 26.2 Å². The molecule has 0 amide bonds. The van der Waals surface area contributed by atoms with Crippen LogP contribution in [0, 0.1) is 0 Å². The molecule has 0 spiro atoms. The summed E-state index contributed by atoms with van der Waals surface area (Å²) in [5, 5.41) is 12.8. The fourth-order valence-corrected chi connectivity index (χ4v) is 5.33. The third-order valence-electron chi connectivity index (χ3n) is 7.00. The molecule has 35 heavy (non-hydrogen) atoms. The number of phenolic OH excluding ortho intramolecular Hbond substituents is 1. The van der Waals surface area contributed by atoms with E-state index in [4.69, 9.17) is 9.72 Å². The van der Waals surface area contributed by atoms with Crippen LogP contribution in [0.4, 0.5) is 0 Å². The van der Waals surface area contributed by atoms with Crippen molar-refractivity contribution in [1.29, 1.82) is 0 Å². The van der Waals surface area contributed by atoms with Crippen molar-refractivity contribution in [3.63, 3.8) is 0 Å². The number of fused-ring (bicyclic) bond motifs is 5. The van der Waals surface area contributed by atoms with Crippen LogP contribution in [-0.2, 0) is 5.41 Å². The highest BCUT2D eigenvalue weighted by Crippen LogP contribution is 2.53. The molecule has 0 saturated carbocycles. The number of para-hydroxylation sites is 1. The number of phenols is 1. The molecule has 6 rings (SSSR count). The Morgan fingerprint density at radius 3 is 2.20 bits per heavy atom. The van der Waals surface area contributed by atoms with Gasteiger partial charge >= 0.3 is 0 Å². The van der Waals surface area contributed by atoms with E-state index in [1.807, 2.05) is 25.1 Å². The molecule has 0 atom stereocenters. The number of rotatable bonds is 4. The van der Waals surface area contributed by atoms with Gasteiger partial charge in [0.05, 0.1) is 17.9 Å². The number of aromatic nitrogens is 2. The predicted molar refractivity (Wildman–Crippen MR) is 141 cm³/mol. The molecule has 0 aliphatic heterocycles. The minimum atomic E-state index is -0.138. The fourth-order valence-electron chi connectivity index (χ4n) is 5.33. The van der Waals surface area contributed by atoms with Crippen LogP contribution in [0.5, 0.6) is 11.6 Å². The summed E-state index contributed by atoms with van der Waals surface area (Å²) < 4.78 is 5.83. The Labute approximate surface area is 204 Å². The van der Waals surface area contributed by atoms with Crippen molar-refractivity contribution in [3.8, 4) is 45.4 Å². The van der Waals surface area contributed by atoms with Crippen LogP contribution >= 0.6 is 0 Å². The average Bonchev–Trinajstić information content (AvgIpc) is 3.11. The van der Waals surface area contributed by atoms with Gasteiger partial charge in [0.15, 0.2) is 5.82 Å². The summed E-state index contributed by atoms with van der Waals surface area (Å²) in [7, 11) is 0. The first-order valence-corrected chi connectivity index (χ1v) is 12.0. The van der Waals surface area contributed by atoms with Gasteiger partial charge in [0.25, 0.3) is 0 Å².